The fourth-order valence-corrected chi connectivity index (χ4v) is 2.94. The van der Waals surface area contributed by atoms with Crippen molar-refractivity contribution in [3.63, 3.8) is 0 Å². The van der Waals surface area contributed by atoms with Gasteiger partial charge in [-0.2, -0.15) is 0 Å². The first kappa shape index (κ1) is 16.8. The van der Waals surface area contributed by atoms with Gasteiger partial charge in [0.25, 0.3) is 0 Å². The summed E-state index contributed by atoms with van der Waals surface area (Å²) in [5.74, 6) is 1.53. The molecule has 0 saturated heterocycles. The Kier molecular flexibility index (Phi) is 4.29. The monoisotopic (exact) mass is 363 g/mol. The van der Waals surface area contributed by atoms with Crippen LogP contribution in [0.1, 0.15) is 5.56 Å². The molecule has 0 saturated carbocycles. The van der Waals surface area contributed by atoms with E-state index in [4.69, 9.17) is 9.47 Å². The molecule has 3 heterocycles. The van der Waals surface area contributed by atoms with Crippen LogP contribution in [-0.4, -0.2) is 35.1 Å². The molecular formula is C19H17N5O3. The number of ether oxygens (including phenoxy) is 2. The fourth-order valence-electron chi connectivity index (χ4n) is 2.94. The minimum absolute atomic E-state index is 0.118. The van der Waals surface area contributed by atoms with E-state index in [9.17, 15) is 4.79 Å². The zero-order valence-electron chi connectivity index (χ0n) is 14.8. The van der Waals surface area contributed by atoms with Crippen molar-refractivity contribution in [2.24, 2.45) is 0 Å². The Morgan fingerprint density at radius 3 is 2.78 bits per heavy atom. The number of carbonyl (C=O) groups excluding carboxylic acids is 1. The molecule has 4 rings (SSSR count). The predicted molar refractivity (Wildman–Crippen MR) is 100 cm³/mol. The highest BCUT2D eigenvalue weighted by Crippen LogP contribution is 2.33. The van der Waals surface area contributed by atoms with Gasteiger partial charge in [0.2, 0.25) is 11.9 Å². The predicted octanol–water partition coefficient (Wildman–Crippen LogP) is 2.79. The molecule has 3 aromatic rings. The van der Waals surface area contributed by atoms with E-state index in [0.717, 1.165) is 16.8 Å². The van der Waals surface area contributed by atoms with Gasteiger partial charge in [0.05, 0.1) is 38.2 Å². The van der Waals surface area contributed by atoms with Gasteiger partial charge >= 0.3 is 0 Å². The number of hydrogen-bond donors (Lipinski definition) is 2. The smallest absolute Gasteiger partial charge is 0.228 e. The van der Waals surface area contributed by atoms with E-state index in [-0.39, 0.29) is 12.3 Å². The van der Waals surface area contributed by atoms with E-state index in [1.54, 1.807) is 44.9 Å². The molecule has 27 heavy (non-hydrogen) atoms. The number of fused-ring (bicyclic) bond motifs is 3. The molecule has 8 nitrogen and oxygen atoms in total. The van der Waals surface area contributed by atoms with Crippen molar-refractivity contribution in [2.45, 2.75) is 6.42 Å². The number of rotatable bonds is 4. The van der Waals surface area contributed by atoms with Crippen molar-refractivity contribution in [2.75, 3.05) is 24.9 Å². The van der Waals surface area contributed by atoms with Gasteiger partial charge in [-0.1, -0.05) is 0 Å². The third kappa shape index (κ3) is 3.24. The quantitative estimate of drug-likeness (QED) is 0.735. The SMILES string of the molecule is COc1ccc(Nc2ncc3c(n2)-c2ccncc2NC(=O)C3)cc1OC. The van der Waals surface area contributed by atoms with E-state index < -0.39 is 0 Å². The molecule has 0 spiro atoms. The summed E-state index contributed by atoms with van der Waals surface area (Å²) < 4.78 is 10.6. The molecule has 136 valence electrons. The summed E-state index contributed by atoms with van der Waals surface area (Å²) in [6.07, 6.45) is 5.16. The molecule has 0 atom stereocenters. The van der Waals surface area contributed by atoms with E-state index in [0.29, 0.717) is 28.8 Å². The molecule has 2 N–H and O–H groups in total. The second-order valence-electron chi connectivity index (χ2n) is 5.91. The first-order valence-electron chi connectivity index (χ1n) is 8.27. The van der Waals surface area contributed by atoms with Gasteiger partial charge < -0.3 is 20.1 Å². The molecule has 0 aliphatic carbocycles. The van der Waals surface area contributed by atoms with Gasteiger partial charge in [-0.15, -0.1) is 0 Å². The number of benzene rings is 1. The number of aromatic nitrogens is 3. The lowest BCUT2D eigenvalue weighted by atomic mass is 10.1. The zero-order valence-corrected chi connectivity index (χ0v) is 14.8. The van der Waals surface area contributed by atoms with E-state index in [2.05, 4.69) is 25.6 Å². The maximum atomic E-state index is 12.1. The summed E-state index contributed by atoms with van der Waals surface area (Å²) >= 11 is 0. The Bertz CT molecular complexity index is 1020. The van der Waals surface area contributed by atoms with Crippen molar-refractivity contribution >= 4 is 23.2 Å². The van der Waals surface area contributed by atoms with E-state index in [1.807, 2.05) is 12.1 Å². The summed E-state index contributed by atoms with van der Waals surface area (Å²) in [5.41, 5.74) is 3.66. The summed E-state index contributed by atoms with van der Waals surface area (Å²) in [6, 6.07) is 7.28. The molecule has 0 bridgehead atoms. The number of carbonyl (C=O) groups is 1. The highest BCUT2D eigenvalue weighted by atomic mass is 16.5. The summed E-state index contributed by atoms with van der Waals surface area (Å²) in [4.78, 5) is 25.1. The van der Waals surface area contributed by atoms with Crippen LogP contribution in [0.4, 0.5) is 17.3 Å². The minimum atomic E-state index is -0.118. The second kappa shape index (κ2) is 6.91. The third-order valence-electron chi connectivity index (χ3n) is 4.21. The van der Waals surface area contributed by atoms with Gasteiger partial charge in [-0.3, -0.25) is 9.78 Å². The average molecular weight is 363 g/mol. The van der Waals surface area contributed by atoms with Crippen LogP contribution in [0.5, 0.6) is 11.5 Å². The van der Waals surface area contributed by atoms with Crippen LogP contribution in [0.2, 0.25) is 0 Å². The van der Waals surface area contributed by atoms with Crippen LogP contribution in [0, 0.1) is 0 Å². The number of amides is 1. The van der Waals surface area contributed by atoms with Crippen molar-refractivity contribution in [3.8, 4) is 22.8 Å². The Hall–Kier alpha value is -3.68. The first-order chi connectivity index (χ1) is 13.2. The Morgan fingerprint density at radius 2 is 1.96 bits per heavy atom. The van der Waals surface area contributed by atoms with Gasteiger partial charge in [-0.25, -0.2) is 9.97 Å². The molecule has 1 amide bonds. The topological polar surface area (TPSA) is 98.3 Å². The number of hydrogen-bond acceptors (Lipinski definition) is 7. The second-order valence-corrected chi connectivity index (χ2v) is 5.91. The van der Waals surface area contributed by atoms with Gasteiger partial charge in [0.15, 0.2) is 11.5 Å². The van der Waals surface area contributed by atoms with E-state index in [1.165, 1.54) is 0 Å². The fraction of sp³-hybridized carbons (Fsp3) is 0.158. The molecule has 2 aromatic heterocycles. The zero-order chi connectivity index (χ0) is 18.8. The van der Waals surface area contributed by atoms with Crippen LogP contribution in [0.15, 0.2) is 42.9 Å². The average Bonchev–Trinajstić information content (AvgIpc) is 2.83. The van der Waals surface area contributed by atoms with Crippen LogP contribution < -0.4 is 20.1 Å². The molecule has 0 unspecified atom stereocenters. The molecule has 1 aliphatic heterocycles. The maximum absolute atomic E-state index is 12.1. The lowest BCUT2D eigenvalue weighted by molar-refractivity contribution is -0.115. The standard InChI is InChI=1S/C19H17N5O3/c1-26-15-4-3-12(8-16(15)27-2)22-19-21-9-11-7-17(25)23-14-10-20-6-5-13(14)18(11)24-19/h3-6,8-10H,7H2,1-2H3,(H,23,25)(H,21,22,24). The van der Waals surface area contributed by atoms with Gasteiger partial charge in [0, 0.05) is 35.3 Å². The van der Waals surface area contributed by atoms with Crippen molar-refractivity contribution in [1.82, 2.24) is 15.0 Å². The normalized spacial score (nSPS) is 12.3. The minimum Gasteiger partial charge on any atom is -0.493 e. The van der Waals surface area contributed by atoms with Crippen molar-refractivity contribution in [1.29, 1.82) is 0 Å². The van der Waals surface area contributed by atoms with Gasteiger partial charge in [0.1, 0.15) is 0 Å². The highest BCUT2D eigenvalue weighted by Gasteiger charge is 2.21. The largest absolute Gasteiger partial charge is 0.493 e. The third-order valence-corrected chi connectivity index (χ3v) is 4.21. The summed E-state index contributed by atoms with van der Waals surface area (Å²) in [7, 11) is 3.16. The Morgan fingerprint density at radius 1 is 1.11 bits per heavy atom. The molecule has 0 radical (unpaired) electrons. The van der Waals surface area contributed by atoms with Crippen LogP contribution >= 0.6 is 0 Å². The van der Waals surface area contributed by atoms with Crippen LogP contribution in [-0.2, 0) is 11.2 Å². The number of anilines is 3. The van der Waals surface area contributed by atoms with Crippen LogP contribution in [0.25, 0.3) is 11.3 Å². The van der Waals surface area contributed by atoms with E-state index >= 15 is 0 Å². The summed E-state index contributed by atoms with van der Waals surface area (Å²) in [5, 5.41) is 6.01. The number of nitrogens with zero attached hydrogens (tertiary/aromatic N) is 3. The Labute approximate surface area is 155 Å². The van der Waals surface area contributed by atoms with Crippen molar-refractivity contribution in [3.05, 3.63) is 48.4 Å². The number of pyridine rings is 1. The van der Waals surface area contributed by atoms with Crippen molar-refractivity contribution < 1.29 is 14.3 Å². The maximum Gasteiger partial charge on any atom is 0.228 e. The summed E-state index contributed by atoms with van der Waals surface area (Å²) in [6.45, 7) is 0. The van der Waals surface area contributed by atoms with Crippen LogP contribution in [0.3, 0.4) is 0 Å². The number of nitrogens with one attached hydrogen (secondary N) is 2. The lowest BCUT2D eigenvalue weighted by Gasteiger charge is -2.12. The molecular weight excluding hydrogens is 346 g/mol. The molecule has 8 heteroatoms. The molecule has 0 fully saturated rings. The Balaban J connectivity index is 1.72. The lowest BCUT2D eigenvalue weighted by Crippen LogP contribution is -2.12. The molecule has 1 aromatic carbocycles. The number of methoxy groups -OCH3 is 2. The molecule has 1 aliphatic rings. The van der Waals surface area contributed by atoms with Gasteiger partial charge in [-0.05, 0) is 18.2 Å². The first-order valence-corrected chi connectivity index (χ1v) is 8.27. The highest BCUT2D eigenvalue weighted by molar-refractivity contribution is 5.99.